The number of carbonyl (C=O) groups excluding carboxylic acids is 2. The van der Waals surface area contributed by atoms with Gasteiger partial charge in [-0.05, 0) is 130 Å². The number of ketones is 1. The molecular weight excluding hydrogens is 1190 g/mol. The van der Waals surface area contributed by atoms with Gasteiger partial charge in [0.05, 0.1) is 0 Å². The van der Waals surface area contributed by atoms with Gasteiger partial charge in [0, 0.05) is 50.4 Å². The highest BCUT2D eigenvalue weighted by atomic mass is 127. The number of aryl methyl sites for hydroxylation is 4. The van der Waals surface area contributed by atoms with E-state index in [9.17, 15) is 71.1 Å². The fourth-order valence-electron chi connectivity index (χ4n) is 7.73. The van der Waals surface area contributed by atoms with Crippen LogP contribution in [0.25, 0.3) is 21.5 Å². The predicted molar refractivity (Wildman–Crippen MR) is 255 cm³/mol. The van der Waals surface area contributed by atoms with Crippen molar-refractivity contribution in [1.29, 1.82) is 0 Å². The van der Waals surface area contributed by atoms with Gasteiger partial charge < -0.3 is 4.90 Å². The second-order valence-electron chi connectivity index (χ2n) is 15.6. The molecule has 372 valence electrons. The van der Waals surface area contributed by atoms with Crippen LogP contribution in [0.4, 0.5) is 67.2 Å². The lowest BCUT2D eigenvalue weighted by molar-refractivity contribution is -0.349. The van der Waals surface area contributed by atoms with Gasteiger partial charge in [0.25, 0.3) is 5.91 Å². The number of fused-ring (bicyclic) bond motifs is 2. The monoisotopic (exact) mass is 1230 g/mol. The van der Waals surface area contributed by atoms with Crippen molar-refractivity contribution in [2.75, 3.05) is 16.9 Å². The van der Waals surface area contributed by atoms with E-state index in [0.717, 1.165) is 35.4 Å². The van der Waals surface area contributed by atoms with E-state index >= 15 is 0 Å². The number of carbonyl (C=O) groups is 2. The van der Waals surface area contributed by atoms with Crippen molar-refractivity contribution >= 4 is 93.4 Å². The fraction of sp³-hybridized carbons (Fsp3) is 0.306. The summed E-state index contributed by atoms with van der Waals surface area (Å²) in [5, 5.41) is 3.31. The topological polar surface area (TPSA) is 37.4 Å². The maximum atomic E-state index is 14.6. The minimum Gasteiger partial charge on any atom is -0.311 e. The molecule has 0 aliphatic carbocycles. The van der Waals surface area contributed by atoms with Gasteiger partial charge in [-0.15, -0.1) is 0 Å². The molecule has 0 aromatic heterocycles. The van der Waals surface area contributed by atoms with E-state index in [1.807, 2.05) is 23.1 Å². The maximum absolute atomic E-state index is 14.6. The van der Waals surface area contributed by atoms with Gasteiger partial charge in [-0.2, -0.15) is 52.7 Å². The number of anilines is 1. The SMILES string of the molecule is CCc1cc(C(F)(C(F)(F)F)C(F)(F)F)cc(C)c1CC(=O)c1ccc2cc(Br)ccc2c1.CCc1cc(C(F)(C(F)(F)F)C(F)(F)F)cc(C)c1N(C)C(=O)c1ccc2cc(Br)ccc2c1.CI. The molecule has 6 rings (SSSR count). The van der Waals surface area contributed by atoms with Crippen molar-refractivity contribution < 1.29 is 71.1 Å². The number of rotatable bonds is 9. The third-order valence-electron chi connectivity index (χ3n) is 11.2. The van der Waals surface area contributed by atoms with E-state index < -0.39 is 53.1 Å². The Hall–Kier alpha value is -4.31. The normalized spacial score (nSPS) is 12.6. The smallest absolute Gasteiger partial charge is 0.311 e. The molecule has 69 heavy (non-hydrogen) atoms. The number of Topliss-reactive ketones (excluding diaryl/α,β-unsaturated/α-hetero) is 1. The molecule has 6 aromatic rings. The van der Waals surface area contributed by atoms with Crippen LogP contribution in [0, 0.1) is 13.8 Å². The molecule has 20 heteroatoms. The van der Waals surface area contributed by atoms with Crippen molar-refractivity contribution in [3.05, 3.63) is 156 Å². The van der Waals surface area contributed by atoms with Crippen LogP contribution in [0.5, 0.6) is 0 Å². The Morgan fingerprint density at radius 3 is 1.29 bits per heavy atom. The van der Waals surface area contributed by atoms with Crippen LogP contribution >= 0.6 is 54.5 Å². The van der Waals surface area contributed by atoms with E-state index in [-0.39, 0.29) is 64.1 Å². The predicted octanol–water partition coefficient (Wildman–Crippen LogP) is 17.3. The van der Waals surface area contributed by atoms with Gasteiger partial charge in [0.1, 0.15) is 0 Å². The Kier molecular flexibility index (Phi) is 17.9. The third-order valence-corrected chi connectivity index (χ3v) is 12.2. The van der Waals surface area contributed by atoms with Crippen LogP contribution in [0.3, 0.4) is 0 Å². The highest BCUT2D eigenvalue weighted by Gasteiger charge is 2.74. The molecule has 0 fully saturated rings. The number of hydrogen-bond acceptors (Lipinski definition) is 2. The molecule has 0 bridgehead atoms. The second-order valence-corrected chi connectivity index (χ2v) is 17.5. The molecule has 0 saturated carbocycles. The van der Waals surface area contributed by atoms with Gasteiger partial charge in [0.2, 0.25) is 0 Å². The summed E-state index contributed by atoms with van der Waals surface area (Å²) in [6, 6.07) is 23.0. The second kappa shape index (κ2) is 21.6. The molecule has 0 heterocycles. The molecule has 0 atom stereocenters. The van der Waals surface area contributed by atoms with Crippen molar-refractivity contribution in [2.24, 2.45) is 0 Å². The van der Waals surface area contributed by atoms with Crippen molar-refractivity contribution in [3.8, 4) is 0 Å². The van der Waals surface area contributed by atoms with E-state index in [1.54, 1.807) is 54.6 Å². The highest BCUT2D eigenvalue weighted by molar-refractivity contribution is 14.1. The van der Waals surface area contributed by atoms with Gasteiger partial charge in [0.15, 0.2) is 5.78 Å². The van der Waals surface area contributed by atoms with Crippen LogP contribution in [-0.2, 0) is 30.6 Å². The Bertz CT molecular complexity index is 2830. The Labute approximate surface area is 418 Å². The van der Waals surface area contributed by atoms with E-state index in [0.29, 0.717) is 29.8 Å². The van der Waals surface area contributed by atoms with Crippen LogP contribution < -0.4 is 4.90 Å². The lowest BCUT2D eigenvalue weighted by Gasteiger charge is -2.32. The summed E-state index contributed by atoms with van der Waals surface area (Å²) in [6.07, 6.45) is -25.1. The summed E-state index contributed by atoms with van der Waals surface area (Å²) in [4.78, 5) is 29.2. The number of benzene rings is 6. The molecule has 0 unspecified atom stereocenters. The first-order chi connectivity index (χ1) is 31.8. The van der Waals surface area contributed by atoms with E-state index in [2.05, 4.69) is 54.5 Å². The first-order valence-electron chi connectivity index (χ1n) is 20.3. The Morgan fingerprint density at radius 1 is 0.507 bits per heavy atom. The highest BCUT2D eigenvalue weighted by Crippen LogP contribution is 2.55. The number of alkyl halides is 15. The van der Waals surface area contributed by atoms with Crippen LogP contribution in [-0.4, -0.2) is 48.4 Å². The molecule has 6 aromatic carbocycles. The standard InChI is InChI=1S/C24H19BrF7NO.C24H18BrF7O.CH3I/c1-4-14-11-18(22(26,23(27,28)29)24(30,31)32)9-13(2)20(14)33(3)21(34)17-6-5-16-12-19(25)8-7-15(16)10-17;1-3-14-10-18(22(26,23(27,28)29)24(30,31)32)8-13(2)20(14)12-21(33)17-5-4-16-11-19(25)7-6-15(16)9-17;1-2/h5-12H,4H2,1-3H3;4-11H,3,12H2,1-2H3;1H3. The quantitative estimate of drug-likeness (QED) is 0.0626. The Balaban J connectivity index is 0.000000290. The first-order valence-corrected chi connectivity index (χ1v) is 24.0. The molecule has 3 nitrogen and oxygen atoms in total. The summed E-state index contributed by atoms with van der Waals surface area (Å²) in [7, 11) is 1.37. The van der Waals surface area contributed by atoms with Crippen LogP contribution in [0.2, 0.25) is 0 Å². The van der Waals surface area contributed by atoms with Gasteiger partial charge in [-0.25, -0.2) is 8.78 Å². The average Bonchev–Trinajstić information content (AvgIpc) is 3.27. The minimum atomic E-state index is -6.22. The van der Waals surface area contributed by atoms with Crippen molar-refractivity contribution in [1.82, 2.24) is 0 Å². The number of amides is 1. The first kappa shape index (κ1) is 57.3. The molecular formula is C49H40Br2F14INO2. The third kappa shape index (κ3) is 11.7. The molecule has 0 radical (unpaired) electrons. The number of halogens is 17. The summed E-state index contributed by atoms with van der Waals surface area (Å²) < 4.78 is 190. The lowest BCUT2D eigenvalue weighted by atomic mass is 9.86. The van der Waals surface area contributed by atoms with Crippen molar-refractivity contribution in [3.63, 3.8) is 0 Å². The summed E-state index contributed by atoms with van der Waals surface area (Å²) >= 11 is 8.87. The molecule has 0 aliphatic heterocycles. The number of hydrogen-bond donors (Lipinski definition) is 0. The van der Waals surface area contributed by atoms with Gasteiger partial charge >= 0.3 is 36.0 Å². The molecule has 0 saturated heterocycles. The largest absolute Gasteiger partial charge is 0.435 e. The lowest BCUT2D eigenvalue weighted by Crippen LogP contribution is -2.50. The van der Waals surface area contributed by atoms with Crippen molar-refractivity contribution in [2.45, 2.75) is 83.0 Å². The molecule has 0 N–H and O–H groups in total. The summed E-state index contributed by atoms with van der Waals surface area (Å²) in [5.74, 6) is -0.878. The zero-order valence-electron chi connectivity index (χ0n) is 37.0. The van der Waals surface area contributed by atoms with Crippen LogP contribution in [0.15, 0.2) is 106 Å². The zero-order valence-corrected chi connectivity index (χ0v) is 42.4. The maximum Gasteiger partial charge on any atom is 0.435 e. The molecule has 0 spiro atoms. The van der Waals surface area contributed by atoms with E-state index in [4.69, 9.17) is 0 Å². The average molecular weight is 1230 g/mol. The number of nitrogens with zero attached hydrogens (tertiary/aromatic N) is 1. The van der Waals surface area contributed by atoms with Gasteiger partial charge in [-0.1, -0.05) is 117 Å². The fourth-order valence-corrected chi connectivity index (χ4v) is 8.49. The summed E-state index contributed by atoms with van der Waals surface area (Å²) in [5.41, 5.74) is -13.2. The molecule has 0 aliphatic rings. The van der Waals surface area contributed by atoms with Crippen LogP contribution in [0.1, 0.15) is 73.5 Å². The summed E-state index contributed by atoms with van der Waals surface area (Å²) in [6.45, 7) is 5.53. The van der Waals surface area contributed by atoms with Gasteiger partial charge in [-0.3, -0.25) is 9.59 Å². The Morgan fingerprint density at radius 2 is 0.870 bits per heavy atom. The minimum absolute atomic E-state index is 0.0158. The van der Waals surface area contributed by atoms with E-state index in [1.165, 1.54) is 34.7 Å². The zero-order chi connectivity index (χ0) is 52.4. The molecule has 1 amide bonds.